The molecule has 0 aromatic heterocycles. The number of rotatable bonds is 3. The second kappa shape index (κ2) is 6.54. The number of carbonyl (C=O) groups excluding carboxylic acids is 2. The summed E-state index contributed by atoms with van der Waals surface area (Å²) in [4.78, 5) is 23.2. The molecular formula is C13H17BrN2O2. The van der Waals surface area contributed by atoms with Crippen LogP contribution in [0, 0.1) is 6.92 Å². The molecule has 1 atom stereocenters. The van der Waals surface area contributed by atoms with E-state index in [0.29, 0.717) is 5.69 Å². The fourth-order valence-electron chi connectivity index (χ4n) is 1.34. The van der Waals surface area contributed by atoms with E-state index in [1.807, 2.05) is 32.9 Å². The zero-order valence-corrected chi connectivity index (χ0v) is 12.3. The fraction of sp³-hybridized carbons (Fsp3) is 0.385. The second-order valence-corrected chi connectivity index (χ2v) is 5.11. The van der Waals surface area contributed by atoms with Crippen molar-refractivity contribution in [1.29, 1.82) is 0 Å². The van der Waals surface area contributed by atoms with Crippen molar-refractivity contribution in [3.05, 3.63) is 28.2 Å². The van der Waals surface area contributed by atoms with E-state index in [2.05, 4.69) is 26.6 Å². The molecule has 2 N–H and O–H groups in total. The van der Waals surface area contributed by atoms with Gasteiger partial charge in [0, 0.05) is 16.2 Å². The van der Waals surface area contributed by atoms with Crippen LogP contribution in [-0.4, -0.2) is 17.9 Å². The second-order valence-electron chi connectivity index (χ2n) is 4.20. The van der Waals surface area contributed by atoms with E-state index >= 15 is 0 Å². The van der Waals surface area contributed by atoms with Crippen LogP contribution in [-0.2, 0) is 9.59 Å². The number of halogens is 1. The van der Waals surface area contributed by atoms with Crippen LogP contribution in [0.15, 0.2) is 22.7 Å². The highest BCUT2D eigenvalue weighted by molar-refractivity contribution is 9.10. The van der Waals surface area contributed by atoms with Crippen LogP contribution < -0.4 is 10.6 Å². The molecule has 1 aromatic rings. The van der Waals surface area contributed by atoms with Gasteiger partial charge in [0.15, 0.2) is 0 Å². The molecule has 98 valence electrons. The summed E-state index contributed by atoms with van der Waals surface area (Å²) in [7, 11) is 0. The third-order valence-electron chi connectivity index (χ3n) is 2.63. The molecule has 0 aliphatic heterocycles. The van der Waals surface area contributed by atoms with Gasteiger partial charge < -0.3 is 10.6 Å². The Morgan fingerprint density at radius 1 is 1.33 bits per heavy atom. The molecule has 0 radical (unpaired) electrons. The Kier molecular flexibility index (Phi) is 5.34. The predicted octanol–water partition coefficient (Wildman–Crippen LogP) is 2.61. The van der Waals surface area contributed by atoms with Crippen molar-refractivity contribution in [2.24, 2.45) is 0 Å². The number of benzene rings is 1. The Morgan fingerprint density at radius 3 is 2.56 bits per heavy atom. The first-order chi connectivity index (χ1) is 8.43. The molecule has 0 heterocycles. The van der Waals surface area contributed by atoms with Gasteiger partial charge >= 0.3 is 11.8 Å². The van der Waals surface area contributed by atoms with E-state index in [9.17, 15) is 9.59 Å². The summed E-state index contributed by atoms with van der Waals surface area (Å²) in [5, 5.41) is 5.22. The van der Waals surface area contributed by atoms with Gasteiger partial charge in [0.2, 0.25) is 0 Å². The lowest BCUT2D eigenvalue weighted by Crippen LogP contribution is -2.40. The Hall–Kier alpha value is -1.36. The third kappa shape index (κ3) is 4.14. The fourth-order valence-corrected chi connectivity index (χ4v) is 1.81. The molecule has 0 bridgehead atoms. The lowest BCUT2D eigenvalue weighted by atomic mass is 10.2. The quantitative estimate of drug-likeness (QED) is 0.843. The van der Waals surface area contributed by atoms with Crippen molar-refractivity contribution >= 4 is 33.4 Å². The first kappa shape index (κ1) is 14.7. The van der Waals surface area contributed by atoms with E-state index in [4.69, 9.17) is 0 Å². The average Bonchev–Trinajstić information content (AvgIpc) is 2.32. The monoisotopic (exact) mass is 312 g/mol. The summed E-state index contributed by atoms with van der Waals surface area (Å²) in [6, 6.07) is 5.44. The minimum Gasteiger partial charge on any atom is -0.345 e. The molecule has 2 amide bonds. The van der Waals surface area contributed by atoms with E-state index in [0.717, 1.165) is 16.5 Å². The van der Waals surface area contributed by atoms with Gasteiger partial charge in [-0.1, -0.05) is 22.9 Å². The van der Waals surface area contributed by atoms with Crippen LogP contribution >= 0.6 is 15.9 Å². The zero-order valence-electron chi connectivity index (χ0n) is 10.7. The van der Waals surface area contributed by atoms with Gasteiger partial charge in [-0.3, -0.25) is 9.59 Å². The molecule has 18 heavy (non-hydrogen) atoms. The van der Waals surface area contributed by atoms with E-state index in [-0.39, 0.29) is 6.04 Å². The molecule has 0 fully saturated rings. The Bertz CT molecular complexity index is 460. The normalized spacial score (nSPS) is 11.8. The van der Waals surface area contributed by atoms with Gasteiger partial charge in [0.25, 0.3) is 0 Å². The van der Waals surface area contributed by atoms with Crippen LogP contribution in [0.3, 0.4) is 0 Å². The highest BCUT2D eigenvalue weighted by Crippen LogP contribution is 2.19. The van der Waals surface area contributed by atoms with E-state index < -0.39 is 11.8 Å². The summed E-state index contributed by atoms with van der Waals surface area (Å²) in [5.41, 5.74) is 1.54. The molecule has 1 aromatic carbocycles. The average molecular weight is 313 g/mol. The molecule has 0 aliphatic rings. The Morgan fingerprint density at radius 2 is 2.00 bits per heavy atom. The summed E-state index contributed by atoms with van der Waals surface area (Å²) in [6.45, 7) is 5.67. The molecule has 0 aliphatic carbocycles. The van der Waals surface area contributed by atoms with Gasteiger partial charge in [-0.25, -0.2) is 0 Å². The number of amides is 2. The van der Waals surface area contributed by atoms with Crippen LogP contribution in [0.2, 0.25) is 0 Å². The lowest BCUT2D eigenvalue weighted by molar-refractivity contribution is -0.136. The third-order valence-corrected chi connectivity index (χ3v) is 3.13. The van der Waals surface area contributed by atoms with Crippen LogP contribution in [0.1, 0.15) is 25.8 Å². The minimum absolute atomic E-state index is 0.00531. The molecular weight excluding hydrogens is 296 g/mol. The molecule has 0 spiro atoms. The van der Waals surface area contributed by atoms with Crippen LogP contribution in [0.5, 0.6) is 0 Å². The van der Waals surface area contributed by atoms with Gasteiger partial charge in [-0.2, -0.15) is 0 Å². The van der Waals surface area contributed by atoms with Gasteiger partial charge in [0.05, 0.1) is 0 Å². The molecule has 5 heteroatoms. The number of carbonyl (C=O) groups is 2. The summed E-state index contributed by atoms with van der Waals surface area (Å²) < 4.78 is 0.932. The topological polar surface area (TPSA) is 58.2 Å². The summed E-state index contributed by atoms with van der Waals surface area (Å²) in [5.74, 6) is -1.24. The van der Waals surface area contributed by atoms with Gasteiger partial charge in [0.1, 0.15) is 0 Å². The zero-order chi connectivity index (χ0) is 13.7. The number of anilines is 1. The lowest BCUT2D eigenvalue weighted by Gasteiger charge is -2.12. The van der Waals surface area contributed by atoms with Crippen molar-refractivity contribution in [3.8, 4) is 0 Å². The SMILES string of the molecule is CC[C@@H](C)NC(=O)C(=O)Nc1ccc(Br)cc1C. The maximum absolute atomic E-state index is 11.7. The van der Waals surface area contributed by atoms with Gasteiger partial charge in [-0.05, 0) is 44.0 Å². The number of aryl methyl sites for hydroxylation is 1. The Labute approximate surface area is 115 Å². The highest BCUT2D eigenvalue weighted by atomic mass is 79.9. The van der Waals surface area contributed by atoms with Gasteiger partial charge in [-0.15, -0.1) is 0 Å². The number of hydrogen-bond donors (Lipinski definition) is 2. The number of nitrogens with one attached hydrogen (secondary N) is 2. The highest BCUT2D eigenvalue weighted by Gasteiger charge is 2.16. The smallest absolute Gasteiger partial charge is 0.313 e. The number of hydrogen-bond acceptors (Lipinski definition) is 2. The van der Waals surface area contributed by atoms with Crippen molar-refractivity contribution in [3.63, 3.8) is 0 Å². The van der Waals surface area contributed by atoms with Crippen LogP contribution in [0.4, 0.5) is 5.69 Å². The van der Waals surface area contributed by atoms with Crippen molar-refractivity contribution < 1.29 is 9.59 Å². The molecule has 1 rings (SSSR count). The minimum atomic E-state index is -0.638. The van der Waals surface area contributed by atoms with E-state index in [1.165, 1.54) is 0 Å². The molecule has 0 saturated carbocycles. The predicted molar refractivity (Wildman–Crippen MR) is 75.4 cm³/mol. The largest absolute Gasteiger partial charge is 0.345 e. The summed E-state index contributed by atoms with van der Waals surface area (Å²) >= 11 is 3.34. The summed E-state index contributed by atoms with van der Waals surface area (Å²) in [6.07, 6.45) is 0.788. The first-order valence-corrected chi connectivity index (χ1v) is 6.61. The maximum Gasteiger partial charge on any atom is 0.313 e. The Balaban J connectivity index is 2.67. The molecule has 0 unspecified atom stereocenters. The van der Waals surface area contributed by atoms with E-state index in [1.54, 1.807) is 6.07 Å². The first-order valence-electron chi connectivity index (χ1n) is 5.82. The van der Waals surface area contributed by atoms with Crippen molar-refractivity contribution in [2.45, 2.75) is 33.2 Å². The van der Waals surface area contributed by atoms with Crippen molar-refractivity contribution in [2.75, 3.05) is 5.32 Å². The maximum atomic E-state index is 11.7. The van der Waals surface area contributed by atoms with Crippen molar-refractivity contribution in [1.82, 2.24) is 5.32 Å². The standard InChI is InChI=1S/C13H17BrN2O2/c1-4-9(3)15-12(17)13(18)16-11-6-5-10(14)7-8(11)2/h5-7,9H,4H2,1-3H3,(H,15,17)(H,16,18)/t9-/m1/s1. The molecule has 0 saturated heterocycles. The molecule has 4 nitrogen and oxygen atoms in total. The van der Waals surface area contributed by atoms with Crippen LogP contribution in [0.25, 0.3) is 0 Å².